The van der Waals surface area contributed by atoms with E-state index in [1.54, 1.807) is 25.1 Å². The number of aromatic nitrogens is 3. The van der Waals surface area contributed by atoms with Crippen LogP contribution in [0.25, 0.3) is 22.8 Å². The van der Waals surface area contributed by atoms with Gasteiger partial charge in [0.05, 0.1) is 0 Å². The Morgan fingerprint density at radius 1 is 0.970 bits per heavy atom. The summed E-state index contributed by atoms with van der Waals surface area (Å²) in [6.45, 7) is 5.43. The predicted octanol–water partition coefficient (Wildman–Crippen LogP) is 4.31. The molecule has 3 heterocycles. The Bertz CT molecular complexity index is 1280. The lowest BCUT2D eigenvalue weighted by Crippen LogP contribution is -2.48. The first-order valence-electron chi connectivity index (χ1n) is 10.7. The van der Waals surface area contributed by atoms with Crippen molar-refractivity contribution in [3.8, 4) is 22.8 Å². The molecular formula is C24H22ClN5O3. The zero-order valence-corrected chi connectivity index (χ0v) is 18.8. The number of benzene rings is 2. The number of hydrogen-bond acceptors (Lipinski definition) is 7. The third kappa shape index (κ3) is 4.81. The van der Waals surface area contributed by atoms with Crippen molar-refractivity contribution in [3.63, 3.8) is 0 Å². The molecule has 0 radical (unpaired) electrons. The smallest absolute Gasteiger partial charge is 0.276 e. The van der Waals surface area contributed by atoms with Gasteiger partial charge in [-0.1, -0.05) is 46.2 Å². The first kappa shape index (κ1) is 21.4. The van der Waals surface area contributed by atoms with Crippen molar-refractivity contribution in [1.29, 1.82) is 0 Å². The molecule has 9 heteroatoms. The highest BCUT2D eigenvalue weighted by Crippen LogP contribution is 2.25. The van der Waals surface area contributed by atoms with Crippen molar-refractivity contribution in [2.45, 2.75) is 13.5 Å². The van der Waals surface area contributed by atoms with Crippen molar-refractivity contribution in [3.05, 3.63) is 76.6 Å². The van der Waals surface area contributed by atoms with E-state index in [-0.39, 0.29) is 5.91 Å². The molecule has 5 rings (SSSR count). The highest BCUT2D eigenvalue weighted by atomic mass is 35.5. The number of nitrogens with zero attached hydrogens (tertiary/aromatic N) is 5. The molecule has 33 heavy (non-hydrogen) atoms. The lowest BCUT2D eigenvalue weighted by molar-refractivity contribution is 0.0618. The number of hydrogen-bond donors (Lipinski definition) is 0. The van der Waals surface area contributed by atoms with Crippen LogP contribution in [0.2, 0.25) is 5.02 Å². The molecule has 0 saturated carbocycles. The van der Waals surface area contributed by atoms with Gasteiger partial charge < -0.3 is 13.9 Å². The van der Waals surface area contributed by atoms with Crippen LogP contribution < -0.4 is 0 Å². The van der Waals surface area contributed by atoms with E-state index >= 15 is 0 Å². The fourth-order valence-electron chi connectivity index (χ4n) is 3.88. The lowest BCUT2D eigenvalue weighted by Gasteiger charge is -2.34. The molecule has 0 aliphatic carbocycles. The molecule has 0 unspecified atom stereocenters. The van der Waals surface area contributed by atoms with Crippen LogP contribution in [0.15, 0.2) is 63.6 Å². The molecule has 1 saturated heterocycles. The van der Waals surface area contributed by atoms with E-state index in [1.807, 2.05) is 29.2 Å². The van der Waals surface area contributed by atoms with Gasteiger partial charge in [0.15, 0.2) is 5.69 Å². The third-order valence-electron chi connectivity index (χ3n) is 5.60. The molecule has 0 N–H and O–H groups in total. The van der Waals surface area contributed by atoms with Crippen LogP contribution in [0, 0.1) is 6.92 Å². The summed E-state index contributed by atoms with van der Waals surface area (Å²) in [5, 5.41) is 8.59. The minimum atomic E-state index is -0.0823. The Hall–Kier alpha value is -3.49. The minimum absolute atomic E-state index is 0.0823. The lowest BCUT2D eigenvalue weighted by atomic mass is 10.1. The molecule has 1 fully saturated rings. The monoisotopic (exact) mass is 463 g/mol. The molecule has 1 amide bonds. The minimum Gasteiger partial charge on any atom is -0.361 e. The largest absolute Gasteiger partial charge is 0.361 e. The number of rotatable bonds is 5. The summed E-state index contributed by atoms with van der Waals surface area (Å²) in [6, 6.07) is 17.1. The van der Waals surface area contributed by atoms with Gasteiger partial charge in [-0.25, -0.2) is 0 Å². The molecule has 2 aromatic heterocycles. The summed E-state index contributed by atoms with van der Waals surface area (Å²) >= 11 is 6.07. The highest BCUT2D eigenvalue weighted by molar-refractivity contribution is 6.30. The van der Waals surface area contributed by atoms with Crippen LogP contribution in [0.4, 0.5) is 0 Å². The van der Waals surface area contributed by atoms with Gasteiger partial charge in [-0.15, -0.1) is 0 Å². The summed E-state index contributed by atoms with van der Waals surface area (Å²) in [5.74, 6) is 1.52. The number of amides is 1. The van der Waals surface area contributed by atoms with Gasteiger partial charge in [-0.3, -0.25) is 9.69 Å². The van der Waals surface area contributed by atoms with Gasteiger partial charge >= 0.3 is 0 Å². The van der Waals surface area contributed by atoms with E-state index in [1.165, 1.54) is 0 Å². The summed E-state index contributed by atoms with van der Waals surface area (Å²) in [4.78, 5) is 21.2. The summed E-state index contributed by atoms with van der Waals surface area (Å²) in [6.07, 6.45) is 0. The maximum absolute atomic E-state index is 12.6. The molecule has 0 atom stereocenters. The van der Waals surface area contributed by atoms with E-state index in [9.17, 15) is 4.79 Å². The van der Waals surface area contributed by atoms with Crippen LogP contribution in [0.1, 0.15) is 21.8 Å². The zero-order valence-electron chi connectivity index (χ0n) is 18.1. The third-order valence-corrected chi connectivity index (χ3v) is 5.83. The first-order chi connectivity index (χ1) is 16.0. The number of piperazine rings is 1. The van der Waals surface area contributed by atoms with Crippen LogP contribution in [0.5, 0.6) is 0 Å². The van der Waals surface area contributed by atoms with E-state index in [0.29, 0.717) is 41.3 Å². The zero-order chi connectivity index (χ0) is 22.8. The Balaban J connectivity index is 1.22. The maximum Gasteiger partial charge on any atom is 0.276 e. The van der Waals surface area contributed by atoms with Gasteiger partial charge in [-0.05, 0) is 36.8 Å². The second kappa shape index (κ2) is 9.17. The van der Waals surface area contributed by atoms with E-state index < -0.39 is 0 Å². The quantitative estimate of drug-likeness (QED) is 0.435. The first-order valence-corrected chi connectivity index (χ1v) is 11.1. The fraction of sp³-hybridized carbons (Fsp3) is 0.250. The van der Waals surface area contributed by atoms with E-state index in [2.05, 4.69) is 32.3 Å². The number of carbonyl (C=O) groups excluding carboxylic acids is 1. The average Bonchev–Trinajstić information content (AvgIpc) is 3.49. The summed E-state index contributed by atoms with van der Waals surface area (Å²) in [5.41, 5.74) is 3.18. The van der Waals surface area contributed by atoms with Crippen molar-refractivity contribution < 1.29 is 13.8 Å². The van der Waals surface area contributed by atoms with Crippen molar-refractivity contribution in [2.24, 2.45) is 0 Å². The Labute approximate surface area is 195 Å². The Morgan fingerprint density at radius 2 is 1.76 bits per heavy atom. The van der Waals surface area contributed by atoms with Gasteiger partial charge in [0.25, 0.3) is 11.8 Å². The second-order valence-corrected chi connectivity index (χ2v) is 8.46. The van der Waals surface area contributed by atoms with Crippen LogP contribution in [0.3, 0.4) is 0 Å². The normalized spacial score (nSPS) is 14.5. The number of carbonyl (C=O) groups is 1. The molecule has 4 aromatic rings. The molecule has 0 spiro atoms. The average molecular weight is 464 g/mol. The highest BCUT2D eigenvalue weighted by Gasteiger charge is 2.24. The predicted molar refractivity (Wildman–Crippen MR) is 123 cm³/mol. The van der Waals surface area contributed by atoms with Crippen molar-refractivity contribution >= 4 is 17.5 Å². The van der Waals surface area contributed by atoms with Crippen molar-refractivity contribution in [1.82, 2.24) is 25.1 Å². The maximum atomic E-state index is 12.6. The topological polar surface area (TPSA) is 88.5 Å². The number of halogens is 1. The molecule has 2 aromatic carbocycles. The number of aryl methyl sites for hydroxylation is 1. The molecule has 0 bridgehead atoms. The standard InChI is InChI=1S/C24H22ClN5O3/c1-16-12-21(27-32-16)24(31)30-10-8-29(9-11-30)15-17-4-2-5-18(13-17)22-26-23(33-28-22)19-6-3-7-20(25)14-19/h2-7,12-14H,8-11,15H2,1H3. The van der Waals surface area contributed by atoms with Gasteiger partial charge in [-0.2, -0.15) is 4.98 Å². The summed E-state index contributed by atoms with van der Waals surface area (Å²) in [7, 11) is 0. The Kier molecular flexibility index (Phi) is 5.93. The Morgan fingerprint density at radius 3 is 2.52 bits per heavy atom. The fourth-order valence-corrected chi connectivity index (χ4v) is 4.08. The molecule has 1 aliphatic heterocycles. The van der Waals surface area contributed by atoms with E-state index in [0.717, 1.165) is 36.3 Å². The van der Waals surface area contributed by atoms with Crippen LogP contribution >= 0.6 is 11.6 Å². The second-order valence-electron chi connectivity index (χ2n) is 8.03. The van der Waals surface area contributed by atoms with Crippen LogP contribution in [-0.4, -0.2) is 57.2 Å². The molecule has 1 aliphatic rings. The molecule has 8 nitrogen and oxygen atoms in total. The SMILES string of the molecule is Cc1cc(C(=O)N2CCN(Cc3cccc(-c4noc(-c5cccc(Cl)c5)n4)c3)CC2)no1. The molecular weight excluding hydrogens is 442 g/mol. The van der Waals surface area contributed by atoms with Crippen LogP contribution in [-0.2, 0) is 6.54 Å². The van der Waals surface area contributed by atoms with Crippen molar-refractivity contribution in [2.75, 3.05) is 26.2 Å². The van der Waals surface area contributed by atoms with Gasteiger partial charge in [0, 0.05) is 54.9 Å². The van der Waals surface area contributed by atoms with Gasteiger partial charge in [0.2, 0.25) is 5.82 Å². The summed E-state index contributed by atoms with van der Waals surface area (Å²) < 4.78 is 10.5. The van der Waals surface area contributed by atoms with Gasteiger partial charge in [0.1, 0.15) is 5.76 Å². The molecule has 168 valence electrons. The van der Waals surface area contributed by atoms with E-state index in [4.69, 9.17) is 20.6 Å².